The molecule has 5 heteroatoms. The van der Waals surface area contributed by atoms with Crippen molar-refractivity contribution in [1.29, 1.82) is 0 Å². The quantitative estimate of drug-likeness (QED) is 0.716. The summed E-state index contributed by atoms with van der Waals surface area (Å²) in [7, 11) is 0. The molecule has 17 heavy (non-hydrogen) atoms. The Morgan fingerprint density at radius 3 is 2.53 bits per heavy atom. The average molecular weight is 234 g/mol. The van der Waals surface area contributed by atoms with Crippen LogP contribution in [0.15, 0.2) is 23.8 Å². The van der Waals surface area contributed by atoms with Crippen LogP contribution in [0.3, 0.4) is 0 Å². The van der Waals surface area contributed by atoms with E-state index >= 15 is 0 Å². The molecule has 4 amide bonds. The lowest BCUT2D eigenvalue weighted by Crippen LogP contribution is -2.55. The van der Waals surface area contributed by atoms with Gasteiger partial charge in [0, 0.05) is 0 Å². The number of carbonyl (C=O) groups excluding carboxylic acids is 3. The maximum absolute atomic E-state index is 11.4. The normalized spacial score (nSPS) is 21.6. The van der Waals surface area contributed by atoms with Gasteiger partial charge < -0.3 is 0 Å². The summed E-state index contributed by atoms with van der Waals surface area (Å²) in [5, 5.41) is 4.16. The number of carbonyl (C=O) groups is 3. The van der Waals surface area contributed by atoms with E-state index in [4.69, 9.17) is 0 Å². The maximum Gasteiger partial charge on any atom is 0.328 e. The molecule has 2 N–H and O–H groups in total. The Labute approximate surface area is 98.9 Å². The average Bonchev–Trinajstić information content (AvgIpc) is 2.74. The van der Waals surface area contributed by atoms with Gasteiger partial charge in [0.1, 0.15) is 5.92 Å². The molecule has 0 spiro atoms. The van der Waals surface area contributed by atoms with Crippen molar-refractivity contribution in [2.75, 3.05) is 0 Å². The van der Waals surface area contributed by atoms with Gasteiger partial charge in [-0.1, -0.05) is 23.8 Å². The Morgan fingerprint density at radius 1 is 1.24 bits per heavy atom. The molecule has 0 unspecified atom stereocenters. The van der Waals surface area contributed by atoms with Gasteiger partial charge in [-0.05, 0) is 25.7 Å². The van der Waals surface area contributed by atoms with Crippen molar-refractivity contribution in [3.8, 4) is 0 Å². The molecule has 0 bridgehead atoms. The molecule has 5 nitrogen and oxygen atoms in total. The Kier molecular flexibility index (Phi) is 3.37. The van der Waals surface area contributed by atoms with Gasteiger partial charge in [0.25, 0.3) is 0 Å². The fourth-order valence-electron chi connectivity index (χ4n) is 1.96. The van der Waals surface area contributed by atoms with Gasteiger partial charge in [0.05, 0.1) is 0 Å². The van der Waals surface area contributed by atoms with Crippen LogP contribution < -0.4 is 10.6 Å². The van der Waals surface area contributed by atoms with E-state index in [1.807, 2.05) is 12.2 Å². The minimum absolute atomic E-state index is 0.322. The van der Waals surface area contributed by atoms with E-state index in [1.54, 1.807) is 0 Å². The van der Waals surface area contributed by atoms with Crippen LogP contribution in [0.2, 0.25) is 0 Å². The SMILES string of the molecule is O=C1NC(=O)C(CC=CC2=CCCC2)C(=O)N1. The van der Waals surface area contributed by atoms with Crippen molar-refractivity contribution in [3.63, 3.8) is 0 Å². The summed E-state index contributed by atoms with van der Waals surface area (Å²) in [4.78, 5) is 33.6. The topological polar surface area (TPSA) is 75.3 Å². The minimum Gasteiger partial charge on any atom is -0.277 e. The van der Waals surface area contributed by atoms with E-state index in [0.29, 0.717) is 6.42 Å². The molecule has 90 valence electrons. The van der Waals surface area contributed by atoms with Crippen LogP contribution in [-0.2, 0) is 9.59 Å². The highest BCUT2D eigenvalue weighted by molar-refractivity contribution is 6.16. The van der Waals surface area contributed by atoms with Crippen LogP contribution in [0.4, 0.5) is 4.79 Å². The van der Waals surface area contributed by atoms with Crippen LogP contribution in [-0.4, -0.2) is 17.8 Å². The van der Waals surface area contributed by atoms with Gasteiger partial charge >= 0.3 is 6.03 Å². The van der Waals surface area contributed by atoms with Crippen molar-refractivity contribution >= 4 is 17.8 Å². The number of nitrogens with one attached hydrogen (secondary N) is 2. The molecule has 0 saturated carbocycles. The monoisotopic (exact) mass is 234 g/mol. The molecule has 1 heterocycles. The second-order valence-electron chi connectivity index (χ2n) is 4.17. The second-order valence-corrected chi connectivity index (χ2v) is 4.17. The van der Waals surface area contributed by atoms with Crippen molar-refractivity contribution in [2.24, 2.45) is 5.92 Å². The number of rotatable bonds is 3. The zero-order valence-corrected chi connectivity index (χ0v) is 9.36. The number of amides is 4. The molecule has 0 atom stereocenters. The van der Waals surface area contributed by atoms with Gasteiger partial charge in [-0.25, -0.2) is 4.79 Å². The first-order valence-electron chi connectivity index (χ1n) is 5.68. The lowest BCUT2D eigenvalue weighted by Gasteiger charge is -2.19. The standard InChI is InChI=1S/C12H14N2O3/c15-10-9(11(16)14-12(17)13-10)7-3-6-8-4-1-2-5-8/h3-4,6,9H,1-2,5,7H2,(H2,13,14,15,16,17). The fourth-order valence-corrected chi connectivity index (χ4v) is 1.96. The molecule has 0 aromatic carbocycles. The third-order valence-electron chi connectivity index (χ3n) is 2.89. The van der Waals surface area contributed by atoms with E-state index in [9.17, 15) is 14.4 Å². The van der Waals surface area contributed by atoms with Crippen LogP contribution in [0.1, 0.15) is 25.7 Å². The Hall–Kier alpha value is -1.91. The van der Waals surface area contributed by atoms with Crippen LogP contribution in [0.5, 0.6) is 0 Å². The highest BCUT2D eigenvalue weighted by Gasteiger charge is 2.32. The summed E-state index contributed by atoms with van der Waals surface area (Å²) in [6.07, 6.45) is 9.55. The second kappa shape index (κ2) is 4.95. The third-order valence-corrected chi connectivity index (χ3v) is 2.89. The molecule has 0 aromatic heterocycles. The lowest BCUT2D eigenvalue weighted by atomic mass is 10.0. The first kappa shape index (κ1) is 11.6. The maximum atomic E-state index is 11.4. The number of urea groups is 1. The summed E-state index contributed by atoms with van der Waals surface area (Å²) >= 11 is 0. The third kappa shape index (κ3) is 2.81. The minimum atomic E-state index is -0.800. The molecule has 1 fully saturated rings. The molecular weight excluding hydrogens is 220 g/mol. The number of imide groups is 2. The summed E-state index contributed by atoms with van der Waals surface area (Å²) in [5.41, 5.74) is 1.25. The van der Waals surface area contributed by atoms with Crippen LogP contribution >= 0.6 is 0 Å². The summed E-state index contributed by atoms with van der Waals surface area (Å²) < 4.78 is 0. The molecule has 2 aliphatic rings. The lowest BCUT2D eigenvalue weighted by molar-refractivity contribution is -0.135. The fraction of sp³-hybridized carbons (Fsp3) is 0.417. The zero-order valence-electron chi connectivity index (χ0n) is 9.36. The molecule has 0 radical (unpaired) electrons. The van der Waals surface area contributed by atoms with Gasteiger partial charge in [-0.2, -0.15) is 0 Å². The van der Waals surface area contributed by atoms with Crippen molar-refractivity contribution in [1.82, 2.24) is 10.6 Å². The predicted molar refractivity (Wildman–Crippen MR) is 60.9 cm³/mol. The summed E-state index contributed by atoms with van der Waals surface area (Å²) in [5.74, 6) is -1.85. The number of allylic oxidation sites excluding steroid dienone is 4. The smallest absolute Gasteiger partial charge is 0.277 e. The molecular formula is C12H14N2O3. The molecule has 1 saturated heterocycles. The van der Waals surface area contributed by atoms with Gasteiger partial charge in [-0.15, -0.1) is 0 Å². The molecule has 1 aliphatic heterocycles. The van der Waals surface area contributed by atoms with Gasteiger partial charge in [0.15, 0.2) is 0 Å². The molecule has 0 aromatic rings. The molecule has 1 aliphatic carbocycles. The Balaban J connectivity index is 1.91. The summed E-state index contributed by atoms with van der Waals surface area (Å²) in [6.45, 7) is 0. The largest absolute Gasteiger partial charge is 0.328 e. The highest BCUT2D eigenvalue weighted by Crippen LogP contribution is 2.19. The molecule has 2 rings (SSSR count). The van der Waals surface area contributed by atoms with Gasteiger partial charge in [-0.3, -0.25) is 20.2 Å². The zero-order chi connectivity index (χ0) is 12.3. The van der Waals surface area contributed by atoms with E-state index in [0.717, 1.165) is 12.8 Å². The van der Waals surface area contributed by atoms with Crippen molar-refractivity contribution < 1.29 is 14.4 Å². The van der Waals surface area contributed by atoms with E-state index < -0.39 is 23.8 Å². The Bertz CT molecular complexity index is 403. The van der Waals surface area contributed by atoms with Crippen LogP contribution in [0, 0.1) is 5.92 Å². The van der Waals surface area contributed by atoms with Gasteiger partial charge in [0.2, 0.25) is 11.8 Å². The van der Waals surface area contributed by atoms with E-state index in [1.165, 1.54) is 12.0 Å². The first-order chi connectivity index (χ1) is 8.16. The number of hydrogen-bond acceptors (Lipinski definition) is 3. The number of hydrogen-bond donors (Lipinski definition) is 2. The first-order valence-corrected chi connectivity index (χ1v) is 5.68. The van der Waals surface area contributed by atoms with Crippen molar-refractivity contribution in [3.05, 3.63) is 23.8 Å². The van der Waals surface area contributed by atoms with Crippen LogP contribution in [0.25, 0.3) is 0 Å². The van der Waals surface area contributed by atoms with Crippen molar-refractivity contribution in [2.45, 2.75) is 25.7 Å². The van der Waals surface area contributed by atoms with E-state index in [-0.39, 0.29) is 0 Å². The van der Waals surface area contributed by atoms with E-state index in [2.05, 4.69) is 16.7 Å². The summed E-state index contributed by atoms with van der Waals surface area (Å²) in [6, 6.07) is -0.737. The number of barbiturate groups is 1. The Morgan fingerprint density at radius 2 is 1.94 bits per heavy atom. The predicted octanol–water partition coefficient (Wildman–Crippen LogP) is 1.03. The highest BCUT2D eigenvalue weighted by atomic mass is 16.2.